The van der Waals surface area contributed by atoms with Gasteiger partial charge in [-0.1, -0.05) is 30.3 Å². The van der Waals surface area contributed by atoms with E-state index in [1.807, 2.05) is 59.5 Å². The van der Waals surface area contributed by atoms with Crippen LogP contribution in [0.25, 0.3) is 0 Å². The van der Waals surface area contributed by atoms with Crippen molar-refractivity contribution in [2.45, 2.75) is 6.42 Å². The number of hydrogen-bond acceptors (Lipinski definition) is 3. The number of rotatable bonds is 4. The van der Waals surface area contributed by atoms with Crippen LogP contribution in [0.4, 0.5) is 0 Å². The van der Waals surface area contributed by atoms with Crippen LogP contribution in [-0.4, -0.2) is 48.9 Å². The van der Waals surface area contributed by atoms with Crippen LogP contribution in [0.15, 0.2) is 54.6 Å². The predicted octanol–water partition coefficient (Wildman–Crippen LogP) is 2.80. The number of hydrogen-bond donors (Lipinski definition) is 0. The third kappa shape index (κ3) is 4.33. The van der Waals surface area contributed by atoms with Crippen LogP contribution in [0, 0.1) is 0 Å². The molecule has 0 spiro atoms. The van der Waals surface area contributed by atoms with E-state index in [2.05, 4.69) is 11.9 Å². The molecule has 1 heterocycles. The van der Waals surface area contributed by atoms with E-state index in [-0.39, 0.29) is 5.91 Å². The Hall–Kier alpha value is -2.33. The minimum absolute atomic E-state index is 0.190. The molecule has 1 aliphatic heterocycles. The van der Waals surface area contributed by atoms with Gasteiger partial charge in [-0.25, -0.2) is 0 Å². The number of ether oxygens (including phenoxy) is 1. The summed E-state index contributed by atoms with van der Waals surface area (Å²) in [4.78, 5) is 16.6. The standard InChI is InChI=1S/C19H22N2O2/c1-20-10-12-21(13-11-20)19(22)15-16-6-5-9-18(14-16)23-17-7-3-2-4-8-17/h2-9,14H,10-13,15H2,1H3. The number of para-hydroxylation sites is 1. The van der Waals surface area contributed by atoms with Crippen molar-refractivity contribution in [2.24, 2.45) is 0 Å². The number of nitrogens with zero attached hydrogens (tertiary/aromatic N) is 2. The molecule has 0 N–H and O–H groups in total. The van der Waals surface area contributed by atoms with Gasteiger partial charge in [0.05, 0.1) is 6.42 Å². The molecule has 0 aromatic heterocycles. The Kier molecular flexibility index (Phi) is 4.93. The van der Waals surface area contributed by atoms with Crippen molar-refractivity contribution in [3.05, 3.63) is 60.2 Å². The normalized spacial score (nSPS) is 15.4. The second-order valence-electron chi connectivity index (χ2n) is 5.92. The summed E-state index contributed by atoms with van der Waals surface area (Å²) in [6.07, 6.45) is 0.426. The van der Waals surface area contributed by atoms with Crippen molar-refractivity contribution in [2.75, 3.05) is 33.2 Å². The zero-order chi connectivity index (χ0) is 16.1. The van der Waals surface area contributed by atoms with Gasteiger partial charge in [0.2, 0.25) is 5.91 Å². The van der Waals surface area contributed by atoms with Crippen molar-refractivity contribution < 1.29 is 9.53 Å². The van der Waals surface area contributed by atoms with E-state index in [0.29, 0.717) is 6.42 Å². The number of piperazine rings is 1. The number of carbonyl (C=O) groups is 1. The van der Waals surface area contributed by atoms with Crippen molar-refractivity contribution >= 4 is 5.91 Å². The van der Waals surface area contributed by atoms with Gasteiger partial charge in [-0.15, -0.1) is 0 Å². The van der Waals surface area contributed by atoms with E-state index in [9.17, 15) is 4.79 Å². The lowest BCUT2D eigenvalue weighted by atomic mass is 10.1. The van der Waals surface area contributed by atoms with Gasteiger partial charge in [-0.2, -0.15) is 0 Å². The fraction of sp³-hybridized carbons (Fsp3) is 0.316. The molecule has 1 aliphatic rings. The zero-order valence-corrected chi connectivity index (χ0v) is 13.4. The summed E-state index contributed by atoms with van der Waals surface area (Å²) in [6.45, 7) is 3.52. The smallest absolute Gasteiger partial charge is 0.227 e. The predicted molar refractivity (Wildman–Crippen MR) is 90.7 cm³/mol. The second kappa shape index (κ2) is 7.29. The highest BCUT2D eigenvalue weighted by Gasteiger charge is 2.19. The van der Waals surface area contributed by atoms with Gasteiger partial charge in [0, 0.05) is 26.2 Å². The Morgan fingerprint density at radius 2 is 1.65 bits per heavy atom. The first-order valence-electron chi connectivity index (χ1n) is 7.99. The Bertz CT molecular complexity index is 649. The van der Waals surface area contributed by atoms with Crippen LogP contribution in [0.1, 0.15) is 5.56 Å². The summed E-state index contributed by atoms with van der Waals surface area (Å²) < 4.78 is 5.83. The molecule has 4 heteroatoms. The molecular weight excluding hydrogens is 288 g/mol. The van der Waals surface area contributed by atoms with Crippen molar-refractivity contribution in [1.29, 1.82) is 0 Å². The molecule has 1 fully saturated rings. The minimum Gasteiger partial charge on any atom is -0.457 e. The summed E-state index contributed by atoms with van der Waals surface area (Å²) in [5.41, 5.74) is 0.988. The van der Waals surface area contributed by atoms with E-state index in [0.717, 1.165) is 43.2 Å². The molecule has 0 radical (unpaired) electrons. The average Bonchev–Trinajstić information content (AvgIpc) is 2.57. The van der Waals surface area contributed by atoms with E-state index >= 15 is 0 Å². The Balaban J connectivity index is 1.62. The first-order valence-corrected chi connectivity index (χ1v) is 7.99. The van der Waals surface area contributed by atoms with Gasteiger partial charge in [0.15, 0.2) is 0 Å². The second-order valence-corrected chi connectivity index (χ2v) is 5.92. The molecule has 0 atom stereocenters. The lowest BCUT2D eigenvalue weighted by molar-refractivity contribution is -0.132. The quantitative estimate of drug-likeness (QED) is 0.870. The third-order valence-corrected chi connectivity index (χ3v) is 4.09. The van der Waals surface area contributed by atoms with Crippen molar-refractivity contribution in [3.63, 3.8) is 0 Å². The van der Waals surface area contributed by atoms with E-state index < -0.39 is 0 Å². The number of likely N-dealkylation sites (N-methyl/N-ethyl adjacent to an activating group) is 1. The van der Waals surface area contributed by atoms with Crippen molar-refractivity contribution in [1.82, 2.24) is 9.80 Å². The molecule has 2 aromatic rings. The van der Waals surface area contributed by atoms with Gasteiger partial charge < -0.3 is 14.5 Å². The zero-order valence-electron chi connectivity index (χ0n) is 13.4. The van der Waals surface area contributed by atoms with Gasteiger partial charge in [0.1, 0.15) is 11.5 Å². The van der Waals surface area contributed by atoms with Crippen LogP contribution in [-0.2, 0) is 11.2 Å². The molecule has 0 saturated carbocycles. The summed E-state index contributed by atoms with van der Waals surface area (Å²) in [5, 5.41) is 0. The minimum atomic E-state index is 0.190. The van der Waals surface area contributed by atoms with E-state index in [1.165, 1.54) is 0 Å². The number of amides is 1. The van der Waals surface area contributed by atoms with Crippen LogP contribution >= 0.6 is 0 Å². The van der Waals surface area contributed by atoms with Gasteiger partial charge in [-0.05, 0) is 36.9 Å². The Morgan fingerprint density at radius 3 is 2.39 bits per heavy atom. The molecule has 0 unspecified atom stereocenters. The average molecular weight is 310 g/mol. The molecule has 0 bridgehead atoms. The Morgan fingerprint density at radius 1 is 0.957 bits per heavy atom. The van der Waals surface area contributed by atoms with Crippen LogP contribution in [0.3, 0.4) is 0 Å². The summed E-state index contributed by atoms with van der Waals surface area (Å²) in [7, 11) is 2.09. The highest BCUT2D eigenvalue weighted by atomic mass is 16.5. The lowest BCUT2D eigenvalue weighted by Gasteiger charge is -2.32. The fourth-order valence-corrected chi connectivity index (χ4v) is 2.69. The van der Waals surface area contributed by atoms with E-state index in [4.69, 9.17) is 4.74 Å². The maximum absolute atomic E-state index is 12.4. The molecule has 0 aliphatic carbocycles. The van der Waals surface area contributed by atoms with Crippen LogP contribution < -0.4 is 4.74 Å². The van der Waals surface area contributed by atoms with Gasteiger partial charge >= 0.3 is 0 Å². The topological polar surface area (TPSA) is 32.8 Å². The molecule has 23 heavy (non-hydrogen) atoms. The SMILES string of the molecule is CN1CCN(C(=O)Cc2cccc(Oc3ccccc3)c2)CC1. The molecule has 4 nitrogen and oxygen atoms in total. The largest absolute Gasteiger partial charge is 0.457 e. The molecule has 2 aromatic carbocycles. The molecule has 1 saturated heterocycles. The monoisotopic (exact) mass is 310 g/mol. The van der Waals surface area contributed by atoms with Gasteiger partial charge in [-0.3, -0.25) is 4.79 Å². The summed E-state index contributed by atoms with van der Waals surface area (Å²) >= 11 is 0. The lowest BCUT2D eigenvalue weighted by Crippen LogP contribution is -2.47. The maximum atomic E-state index is 12.4. The third-order valence-electron chi connectivity index (χ3n) is 4.09. The highest BCUT2D eigenvalue weighted by molar-refractivity contribution is 5.79. The summed E-state index contributed by atoms with van der Waals surface area (Å²) in [6, 6.07) is 17.4. The van der Waals surface area contributed by atoms with Crippen molar-refractivity contribution in [3.8, 4) is 11.5 Å². The van der Waals surface area contributed by atoms with Gasteiger partial charge in [0.25, 0.3) is 0 Å². The van der Waals surface area contributed by atoms with E-state index in [1.54, 1.807) is 0 Å². The molecule has 120 valence electrons. The first-order chi connectivity index (χ1) is 11.2. The van der Waals surface area contributed by atoms with Crippen LogP contribution in [0.2, 0.25) is 0 Å². The van der Waals surface area contributed by atoms with Crippen LogP contribution in [0.5, 0.6) is 11.5 Å². The molecule has 3 rings (SSSR count). The number of benzene rings is 2. The first kappa shape index (κ1) is 15.6. The maximum Gasteiger partial charge on any atom is 0.227 e. The number of carbonyl (C=O) groups excluding carboxylic acids is 1. The fourth-order valence-electron chi connectivity index (χ4n) is 2.69. The molecule has 1 amide bonds. The Labute approximate surface area is 137 Å². The summed E-state index contributed by atoms with van der Waals surface area (Å²) in [5.74, 6) is 1.75. The highest BCUT2D eigenvalue weighted by Crippen LogP contribution is 2.22. The molecular formula is C19H22N2O2.